The number of aryl methyl sites for hydroxylation is 2. The van der Waals surface area contributed by atoms with E-state index in [4.69, 9.17) is 0 Å². The van der Waals surface area contributed by atoms with Gasteiger partial charge in [-0.15, -0.1) is 0 Å². The van der Waals surface area contributed by atoms with Crippen molar-refractivity contribution in [2.24, 2.45) is 13.0 Å². The van der Waals surface area contributed by atoms with Crippen molar-refractivity contribution in [1.82, 2.24) is 14.5 Å². The van der Waals surface area contributed by atoms with Crippen LogP contribution < -0.4 is 0 Å². The average Bonchev–Trinajstić information content (AvgIpc) is 3.13. The molecule has 0 aliphatic heterocycles. The monoisotopic (exact) mass is 293 g/mol. The number of carbonyl (C=O) groups excluding carboxylic acids is 2. The highest BCUT2D eigenvalue weighted by atomic mass is 16.2. The first-order valence-electron chi connectivity index (χ1n) is 7.31. The molecule has 0 fully saturated rings. The predicted octanol–water partition coefficient (Wildman–Crippen LogP) is 2.53. The summed E-state index contributed by atoms with van der Waals surface area (Å²) in [7, 11) is 1.91. The Bertz CT molecular complexity index is 904. The normalized spacial score (nSPS) is 17.7. The lowest BCUT2D eigenvalue weighted by Gasteiger charge is -2.18. The number of Topliss-reactive ketones (excluding diaryl/α,β-unsaturated/α-hetero) is 2. The molecule has 1 aliphatic rings. The molecule has 110 valence electrons. The average molecular weight is 293 g/mol. The van der Waals surface area contributed by atoms with E-state index in [2.05, 4.69) is 9.97 Å². The number of H-pyrrole nitrogens is 1. The van der Waals surface area contributed by atoms with Gasteiger partial charge in [0, 0.05) is 35.4 Å². The first-order valence-corrected chi connectivity index (χ1v) is 7.31. The molecule has 2 heterocycles. The summed E-state index contributed by atoms with van der Waals surface area (Å²) in [5, 5.41) is 0.899. The maximum atomic E-state index is 12.9. The van der Waals surface area contributed by atoms with Crippen molar-refractivity contribution in [1.29, 1.82) is 0 Å². The number of aromatic nitrogens is 3. The molecule has 5 heteroatoms. The van der Waals surface area contributed by atoms with Crippen LogP contribution in [-0.2, 0) is 13.5 Å². The molecule has 0 bridgehead atoms. The van der Waals surface area contributed by atoms with Gasteiger partial charge in [0.05, 0.1) is 12.2 Å². The van der Waals surface area contributed by atoms with Gasteiger partial charge in [0.2, 0.25) is 0 Å². The van der Waals surface area contributed by atoms with Gasteiger partial charge < -0.3 is 9.55 Å². The third kappa shape index (κ3) is 1.75. The SMILES string of the molecule is Cn1cc(C(=O)C2CCc3[nH]cnc3C2=O)c2ccccc21. The first kappa shape index (κ1) is 13.0. The van der Waals surface area contributed by atoms with Crippen LogP contribution in [-0.4, -0.2) is 26.1 Å². The quantitative estimate of drug-likeness (QED) is 0.583. The van der Waals surface area contributed by atoms with Gasteiger partial charge >= 0.3 is 0 Å². The van der Waals surface area contributed by atoms with Crippen LogP contribution in [0.15, 0.2) is 36.8 Å². The topological polar surface area (TPSA) is 67.8 Å². The summed E-state index contributed by atoms with van der Waals surface area (Å²) in [6.45, 7) is 0. The molecule has 1 aromatic carbocycles. The molecule has 0 radical (unpaired) electrons. The van der Waals surface area contributed by atoms with Crippen molar-refractivity contribution < 1.29 is 9.59 Å². The van der Waals surface area contributed by atoms with Crippen LogP contribution in [0.5, 0.6) is 0 Å². The number of fused-ring (bicyclic) bond motifs is 2. The van der Waals surface area contributed by atoms with E-state index in [0.717, 1.165) is 16.6 Å². The van der Waals surface area contributed by atoms with Gasteiger partial charge in [-0.3, -0.25) is 9.59 Å². The molecular formula is C17H15N3O2. The van der Waals surface area contributed by atoms with Crippen molar-refractivity contribution in [3.8, 4) is 0 Å². The molecule has 1 unspecified atom stereocenters. The summed E-state index contributed by atoms with van der Waals surface area (Å²) in [5.41, 5.74) is 2.88. The number of para-hydroxylation sites is 1. The molecule has 4 rings (SSSR count). The van der Waals surface area contributed by atoms with Crippen molar-refractivity contribution in [2.45, 2.75) is 12.8 Å². The second-order valence-electron chi connectivity index (χ2n) is 5.72. The minimum atomic E-state index is -0.624. The molecule has 2 aromatic heterocycles. The Morgan fingerprint density at radius 1 is 1.36 bits per heavy atom. The van der Waals surface area contributed by atoms with Crippen LogP contribution in [0.25, 0.3) is 10.9 Å². The van der Waals surface area contributed by atoms with E-state index in [1.54, 1.807) is 0 Å². The van der Waals surface area contributed by atoms with Crippen LogP contribution in [0.1, 0.15) is 33.0 Å². The highest BCUT2D eigenvalue weighted by molar-refractivity contribution is 6.20. The number of rotatable bonds is 2. The summed E-state index contributed by atoms with van der Waals surface area (Å²) in [6.07, 6.45) is 4.56. The van der Waals surface area contributed by atoms with Gasteiger partial charge in [0.1, 0.15) is 5.69 Å². The van der Waals surface area contributed by atoms with E-state index in [-0.39, 0.29) is 11.6 Å². The zero-order valence-electron chi connectivity index (χ0n) is 12.2. The van der Waals surface area contributed by atoms with E-state index in [9.17, 15) is 9.59 Å². The van der Waals surface area contributed by atoms with Crippen LogP contribution in [0.3, 0.4) is 0 Å². The van der Waals surface area contributed by atoms with Gasteiger partial charge in [-0.1, -0.05) is 18.2 Å². The fourth-order valence-corrected chi connectivity index (χ4v) is 3.28. The summed E-state index contributed by atoms with van der Waals surface area (Å²) in [6, 6.07) is 7.75. The van der Waals surface area contributed by atoms with Crippen LogP contribution in [0.4, 0.5) is 0 Å². The van der Waals surface area contributed by atoms with Crippen LogP contribution >= 0.6 is 0 Å². The minimum absolute atomic E-state index is 0.101. The molecular weight excluding hydrogens is 278 g/mol. The molecule has 1 aliphatic carbocycles. The summed E-state index contributed by atoms with van der Waals surface area (Å²) < 4.78 is 1.93. The highest BCUT2D eigenvalue weighted by Gasteiger charge is 2.35. The lowest BCUT2D eigenvalue weighted by Crippen LogP contribution is -2.29. The van der Waals surface area contributed by atoms with Crippen molar-refractivity contribution in [3.05, 3.63) is 53.7 Å². The number of imidazole rings is 1. The van der Waals surface area contributed by atoms with E-state index in [0.29, 0.717) is 24.1 Å². The van der Waals surface area contributed by atoms with Crippen molar-refractivity contribution in [3.63, 3.8) is 0 Å². The Hall–Kier alpha value is -2.69. The molecule has 1 atom stereocenters. The Labute approximate surface area is 127 Å². The Morgan fingerprint density at radius 2 is 2.18 bits per heavy atom. The molecule has 0 saturated carbocycles. The van der Waals surface area contributed by atoms with E-state index >= 15 is 0 Å². The number of hydrogen-bond acceptors (Lipinski definition) is 3. The van der Waals surface area contributed by atoms with Crippen LogP contribution in [0.2, 0.25) is 0 Å². The Kier molecular flexibility index (Phi) is 2.76. The second kappa shape index (κ2) is 4.66. The van der Waals surface area contributed by atoms with Crippen LogP contribution in [0, 0.1) is 5.92 Å². The number of nitrogens with zero attached hydrogens (tertiary/aromatic N) is 2. The largest absolute Gasteiger partial charge is 0.350 e. The van der Waals surface area contributed by atoms with Crippen molar-refractivity contribution >= 4 is 22.5 Å². The van der Waals surface area contributed by atoms with E-state index < -0.39 is 5.92 Å². The summed E-state index contributed by atoms with van der Waals surface area (Å²) >= 11 is 0. The third-order valence-electron chi connectivity index (χ3n) is 4.43. The lowest BCUT2D eigenvalue weighted by molar-refractivity contribution is 0.0788. The molecule has 3 aromatic rings. The minimum Gasteiger partial charge on any atom is -0.350 e. The molecule has 0 spiro atoms. The number of carbonyl (C=O) groups is 2. The van der Waals surface area contributed by atoms with Gasteiger partial charge in [-0.2, -0.15) is 0 Å². The number of ketones is 2. The number of aromatic amines is 1. The maximum Gasteiger partial charge on any atom is 0.193 e. The summed E-state index contributed by atoms with van der Waals surface area (Å²) in [4.78, 5) is 32.5. The molecule has 22 heavy (non-hydrogen) atoms. The molecule has 0 saturated heterocycles. The van der Waals surface area contributed by atoms with Gasteiger partial charge in [0.25, 0.3) is 0 Å². The van der Waals surface area contributed by atoms with Gasteiger partial charge in [0.15, 0.2) is 11.6 Å². The zero-order chi connectivity index (χ0) is 15.3. The predicted molar refractivity (Wildman–Crippen MR) is 82.0 cm³/mol. The Morgan fingerprint density at radius 3 is 3.05 bits per heavy atom. The molecule has 0 amide bonds. The molecule has 1 N–H and O–H groups in total. The fraction of sp³-hybridized carbons (Fsp3) is 0.235. The number of benzene rings is 1. The zero-order valence-corrected chi connectivity index (χ0v) is 12.2. The van der Waals surface area contributed by atoms with Gasteiger partial charge in [-0.25, -0.2) is 4.98 Å². The smallest absolute Gasteiger partial charge is 0.193 e. The summed E-state index contributed by atoms with van der Waals surface area (Å²) in [5.74, 6) is -0.891. The lowest BCUT2D eigenvalue weighted by atomic mass is 9.83. The van der Waals surface area contributed by atoms with E-state index in [1.165, 1.54) is 6.33 Å². The third-order valence-corrected chi connectivity index (χ3v) is 4.43. The fourth-order valence-electron chi connectivity index (χ4n) is 3.28. The second-order valence-corrected chi connectivity index (χ2v) is 5.72. The van der Waals surface area contributed by atoms with E-state index in [1.807, 2.05) is 42.1 Å². The maximum absolute atomic E-state index is 12.9. The first-order chi connectivity index (χ1) is 10.7. The van der Waals surface area contributed by atoms with Gasteiger partial charge in [-0.05, 0) is 18.9 Å². The Balaban J connectivity index is 1.77. The number of hydrogen-bond donors (Lipinski definition) is 1. The molecule has 5 nitrogen and oxygen atoms in total. The number of nitrogens with one attached hydrogen (secondary N) is 1. The standard InChI is InChI=1S/C17H15N3O2/c1-20-8-12(10-4-2-3-5-14(10)20)16(21)11-6-7-13-15(17(11)22)19-9-18-13/h2-5,8-9,11H,6-7H2,1H3,(H,18,19). The van der Waals surface area contributed by atoms with Crippen molar-refractivity contribution in [2.75, 3.05) is 0 Å². The highest BCUT2D eigenvalue weighted by Crippen LogP contribution is 2.29.